The number of hydrogen-bond acceptors (Lipinski definition) is 4. The fourth-order valence-electron chi connectivity index (χ4n) is 2.14. The second-order valence-electron chi connectivity index (χ2n) is 4.64. The molecule has 0 aliphatic carbocycles. The smallest absolute Gasteiger partial charge is 0.488 e. The van der Waals surface area contributed by atoms with Gasteiger partial charge in [-0.05, 0) is 54.7 Å². The topological polar surface area (TPSA) is 58.9 Å². The van der Waals surface area contributed by atoms with Gasteiger partial charge in [-0.15, -0.1) is 0 Å². The third-order valence-electron chi connectivity index (χ3n) is 3.05. The summed E-state index contributed by atoms with van der Waals surface area (Å²) >= 11 is 0. The molecular formula is C15H17BO4. The van der Waals surface area contributed by atoms with E-state index >= 15 is 0 Å². The van der Waals surface area contributed by atoms with Crippen molar-refractivity contribution in [3.05, 3.63) is 47.5 Å². The van der Waals surface area contributed by atoms with Crippen LogP contribution in [0.2, 0.25) is 0 Å². The zero-order valence-electron chi connectivity index (χ0n) is 11.8. The van der Waals surface area contributed by atoms with Gasteiger partial charge in [0, 0.05) is 0 Å². The summed E-state index contributed by atoms with van der Waals surface area (Å²) in [6.45, 7) is 3.92. The molecule has 5 heteroatoms. The molecule has 2 aromatic rings. The average Bonchev–Trinajstić information content (AvgIpc) is 2.39. The lowest BCUT2D eigenvalue weighted by molar-refractivity contribution is 0.406. The maximum atomic E-state index is 9.04. The molecule has 0 aliphatic heterocycles. The van der Waals surface area contributed by atoms with Crippen LogP contribution < -0.4 is 14.9 Å². The Morgan fingerprint density at radius 2 is 1.45 bits per heavy atom. The van der Waals surface area contributed by atoms with Crippen molar-refractivity contribution >= 4 is 12.6 Å². The van der Waals surface area contributed by atoms with Gasteiger partial charge in [-0.25, -0.2) is 0 Å². The van der Waals surface area contributed by atoms with E-state index in [1.807, 2.05) is 26.0 Å². The summed E-state index contributed by atoms with van der Waals surface area (Å²) in [5, 5.41) is 18.1. The summed E-state index contributed by atoms with van der Waals surface area (Å²) in [5.41, 5.74) is 2.44. The summed E-state index contributed by atoms with van der Waals surface area (Å²) in [6.07, 6.45) is 0. The Balaban J connectivity index is 2.22. The normalized spacial score (nSPS) is 10.2. The maximum absolute atomic E-state index is 9.04. The van der Waals surface area contributed by atoms with Crippen molar-refractivity contribution in [3.63, 3.8) is 0 Å². The van der Waals surface area contributed by atoms with Gasteiger partial charge >= 0.3 is 7.12 Å². The molecule has 20 heavy (non-hydrogen) atoms. The zero-order valence-corrected chi connectivity index (χ0v) is 11.8. The molecule has 0 aromatic heterocycles. The van der Waals surface area contributed by atoms with Gasteiger partial charge in [0.25, 0.3) is 0 Å². The lowest BCUT2D eigenvalue weighted by Gasteiger charge is -2.12. The van der Waals surface area contributed by atoms with Gasteiger partial charge in [0.15, 0.2) is 0 Å². The summed E-state index contributed by atoms with van der Waals surface area (Å²) in [6, 6.07) is 10.4. The quantitative estimate of drug-likeness (QED) is 0.833. The van der Waals surface area contributed by atoms with Crippen LogP contribution in [0.3, 0.4) is 0 Å². The predicted molar refractivity (Wildman–Crippen MR) is 78.8 cm³/mol. The Hall–Kier alpha value is -1.98. The molecule has 0 fully saturated rings. The summed E-state index contributed by atoms with van der Waals surface area (Å²) in [7, 11) is 0.184. The zero-order chi connectivity index (χ0) is 14.7. The molecule has 2 aromatic carbocycles. The molecule has 0 radical (unpaired) electrons. The first-order valence-electron chi connectivity index (χ1n) is 6.30. The van der Waals surface area contributed by atoms with Crippen molar-refractivity contribution in [1.29, 1.82) is 0 Å². The Morgan fingerprint density at radius 3 is 1.90 bits per heavy atom. The lowest BCUT2D eigenvalue weighted by atomic mass is 9.80. The van der Waals surface area contributed by atoms with Crippen molar-refractivity contribution in [1.82, 2.24) is 0 Å². The molecule has 2 N–H and O–H groups in total. The van der Waals surface area contributed by atoms with Crippen LogP contribution in [0.15, 0.2) is 36.4 Å². The van der Waals surface area contributed by atoms with Crippen LogP contribution >= 0.6 is 0 Å². The molecular weight excluding hydrogens is 255 g/mol. The second-order valence-corrected chi connectivity index (χ2v) is 4.64. The molecule has 0 atom stereocenters. The summed E-state index contributed by atoms with van der Waals surface area (Å²) < 4.78 is 11.1. The van der Waals surface area contributed by atoms with E-state index in [1.54, 1.807) is 31.4 Å². The molecule has 4 nitrogen and oxygen atoms in total. The number of rotatable bonds is 4. The van der Waals surface area contributed by atoms with Gasteiger partial charge in [-0.1, -0.05) is 12.1 Å². The van der Waals surface area contributed by atoms with Crippen molar-refractivity contribution < 1.29 is 19.5 Å². The lowest BCUT2D eigenvalue weighted by Crippen LogP contribution is -2.29. The molecule has 0 unspecified atom stereocenters. The van der Waals surface area contributed by atoms with E-state index in [0.717, 1.165) is 22.6 Å². The summed E-state index contributed by atoms with van der Waals surface area (Å²) in [5.74, 6) is 2.22. The molecule has 104 valence electrons. The molecule has 0 spiro atoms. The highest BCUT2D eigenvalue weighted by Crippen LogP contribution is 2.30. The van der Waals surface area contributed by atoms with Crippen LogP contribution in [0.4, 0.5) is 0 Å². The monoisotopic (exact) mass is 272 g/mol. The molecule has 0 bridgehead atoms. The molecule has 0 saturated heterocycles. The van der Waals surface area contributed by atoms with E-state index in [9.17, 15) is 0 Å². The number of benzene rings is 2. The van der Waals surface area contributed by atoms with E-state index in [-0.39, 0.29) is 0 Å². The van der Waals surface area contributed by atoms with Gasteiger partial charge in [-0.2, -0.15) is 0 Å². The second kappa shape index (κ2) is 5.99. The van der Waals surface area contributed by atoms with Crippen molar-refractivity contribution in [2.24, 2.45) is 0 Å². The first-order chi connectivity index (χ1) is 9.51. The minimum Gasteiger partial charge on any atom is -0.496 e. The van der Waals surface area contributed by atoms with E-state index in [1.165, 1.54) is 0 Å². The third kappa shape index (κ3) is 3.12. The first-order valence-corrected chi connectivity index (χ1v) is 6.30. The van der Waals surface area contributed by atoms with E-state index in [0.29, 0.717) is 11.2 Å². The maximum Gasteiger partial charge on any atom is 0.488 e. The van der Waals surface area contributed by atoms with Crippen LogP contribution in [0, 0.1) is 13.8 Å². The molecule has 0 heterocycles. The van der Waals surface area contributed by atoms with Crippen LogP contribution in [0.5, 0.6) is 17.2 Å². The number of aryl methyl sites for hydroxylation is 2. The largest absolute Gasteiger partial charge is 0.496 e. The van der Waals surface area contributed by atoms with Crippen molar-refractivity contribution in [2.45, 2.75) is 13.8 Å². The Bertz CT molecular complexity index is 570. The van der Waals surface area contributed by atoms with Crippen LogP contribution in [0.1, 0.15) is 11.1 Å². The SMILES string of the molecule is COc1c(C)cc(Oc2ccc(B(O)O)cc2)cc1C. The average molecular weight is 272 g/mol. The van der Waals surface area contributed by atoms with E-state index in [4.69, 9.17) is 19.5 Å². The van der Waals surface area contributed by atoms with Crippen molar-refractivity contribution in [3.8, 4) is 17.2 Å². The van der Waals surface area contributed by atoms with Gasteiger partial charge in [0.05, 0.1) is 7.11 Å². The fraction of sp³-hybridized carbons (Fsp3) is 0.200. The highest BCUT2D eigenvalue weighted by Gasteiger charge is 2.11. The van der Waals surface area contributed by atoms with E-state index in [2.05, 4.69) is 0 Å². The predicted octanol–water partition coefficient (Wildman–Crippen LogP) is 1.78. The van der Waals surface area contributed by atoms with Crippen LogP contribution in [-0.4, -0.2) is 24.3 Å². The highest BCUT2D eigenvalue weighted by atomic mass is 16.5. The number of methoxy groups -OCH3 is 1. The van der Waals surface area contributed by atoms with Gasteiger partial charge in [0.2, 0.25) is 0 Å². The van der Waals surface area contributed by atoms with Crippen LogP contribution in [-0.2, 0) is 0 Å². The molecule has 0 saturated carbocycles. The minimum absolute atomic E-state index is 0.430. The van der Waals surface area contributed by atoms with Gasteiger partial charge in [0.1, 0.15) is 17.2 Å². The molecule has 0 aliphatic rings. The number of ether oxygens (including phenoxy) is 2. The minimum atomic E-state index is -1.46. The first kappa shape index (κ1) is 14.4. The van der Waals surface area contributed by atoms with Crippen LogP contribution in [0.25, 0.3) is 0 Å². The standard InChI is InChI=1S/C15H17BO4/c1-10-8-14(9-11(2)15(10)19-3)20-13-6-4-12(5-7-13)16(17)18/h4-9,17-18H,1-3H3. The number of hydrogen-bond donors (Lipinski definition) is 2. The molecule has 2 rings (SSSR count). The highest BCUT2D eigenvalue weighted by molar-refractivity contribution is 6.58. The van der Waals surface area contributed by atoms with Gasteiger partial charge in [-0.3, -0.25) is 0 Å². The Morgan fingerprint density at radius 1 is 0.900 bits per heavy atom. The van der Waals surface area contributed by atoms with Gasteiger partial charge < -0.3 is 19.5 Å². The molecule has 0 amide bonds. The summed E-state index contributed by atoms with van der Waals surface area (Å²) in [4.78, 5) is 0. The van der Waals surface area contributed by atoms with Crippen molar-refractivity contribution in [2.75, 3.05) is 7.11 Å². The van der Waals surface area contributed by atoms with E-state index < -0.39 is 7.12 Å². The third-order valence-corrected chi connectivity index (χ3v) is 3.05. The Labute approximate surface area is 118 Å². The Kier molecular flexibility index (Phi) is 4.32. The fourth-order valence-corrected chi connectivity index (χ4v) is 2.14.